The third-order valence-corrected chi connectivity index (χ3v) is 2.61. The van der Waals surface area contributed by atoms with Crippen LogP contribution in [0, 0.1) is 5.41 Å². The van der Waals surface area contributed by atoms with Gasteiger partial charge in [0.1, 0.15) is 0 Å². The molecular weight excluding hydrogens is 264 g/mol. The third-order valence-electron chi connectivity index (χ3n) is 2.61. The van der Waals surface area contributed by atoms with Gasteiger partial charge >= 0.3 is 0 Å². The van der Waals surface area contributed by atoms with Crippen LogP contribution in [0.5, 0.6) is 0 Å². The number of carbonyl (C=O) groups excluding carboxylic acids is 2. The van der Waals surface area contributed by atoms with E-state index in [0.29, 0.717) is 17.7 Å². The molecule has 0 radical (unpaired) electrons. The Labute approximate surface area is 127 Å². The van der Waals surface area contributed by atoms with Gasteiger partial charge in [-0.3, -0.25) is 9.59 Å². The Hall–Kier alpha value is -1.84. The van der Waals surface area contributed by atoms with Crippen molar-refractivity contribution in [3.63, 3.8) is 0 Å². The molecule has 4 heteroatoms. The molecule has 0 aliphatic heterocycles. The minimum absolute atomic E-state index is 0.0191. The van der Waals surface area contributed by atoms with Gasteiger partial charge in [-0.25, -0.2) is 0 Å². The molecule has 4 nitrogen and oxygen atoms in total. The van der Waals surface area contributed by atoms with Crippen LogP contribution in [-0.4, -0.2) is 17.4 Å². The first-order chi connectivity index (χ1) is 9.46. The fraction of sp³-hybridized carbons (Fsp3) is 0.529. The second-order valence-electron chi connectivity index (χ2n) is 7.57. The van der Waals surface area contributed by atoms with E-state index in [4.69, 9.17) is 0 Å². The minimum Gasteiger partial charge on any atom is -0.347 e. The van der Waals surface area contributed by atoms with Crippen molar-refractivity contribution in [1.29, 1.82) is 0 Å². The van der Waals surface area contributed by atoms with Crippen LogP contribution in [0.4, 0.5) is 5.69 Å². The summed E-state index contributed by atoms with van der Waals surface area (Å²) in [4.78, 5) is 23.8. The smallest absolute Gasteiger partial charge is 0.251 e. The largest absolute Gasteiger partial charge is 0.347 e. The summed E-state index contributed by atoms with van der Waals surface area (Å²) >= 11 is 0. The van der Waals surface area contributed by atoms with E-state index in [-0.39, 0.29) is 22.8 Å². The van der Waals surface area contributed by atoms with Crippen molar-refractivity contribution in [1.82, 2.24) is 5.32 Å². The van der Waals surface area contributed by atoms with Gasteiger partial charge in [0.15, 0.2) is 0 Å². The van der Waals surface area contributed by atoms with Gasteiger partial charge in [-0.2, -0.15) is 0 Å². The first-order valence-electron chi connectivity index (χ1n) is 7.19. The standard InChI is InChI=1S/C17H26N2O2/c1-16(2,3)11-14(20)18-13-9-7-12(8-10-13)15(21)19-17(4,5)6/h7-10H,11H2,1-6H3,(H,18,20)(H,19,21). The number of amides is 2. The SMILES string of the molecule is CC(C)(C)CC(=O)Nc1ccc(C(=O)NC(C)(C)C)cc1. The molecule has 0 atom stereocenters. The maximum atomic E-state index is 12.0. The van der Waals surface area contributed by atoms with Crippen LogP contribution in [0.25, 0.3) is 0 Å². The lowest BCUT2D eigenvalue weighted by atomic mass is 9.92. The van der Waals surface area contributed by atoms with Gasteiger partial charge in [0.2, 0.25) is 5.91 Å². The Morgan fingerprint density at radius 2 is 1.48 bits per heavy atom. The van der Waals surface area contributed by atoms with E-state index >= 15 is 0 Å². The molecule has 0 saturated carbocycles. The molecule has 0 aliphatic carbocycles. The summed E-state index contributed by atoms with van der Waals surface area (Å²) in [5.74, 6) is -0.135. The quantitative estimate of drug-likeness (QED) is 0.893. The van der Waals surface area contributed by atoms with Crippen molar-refractivity contribution in [3.05, 3.63) is 29.8 Å². The maximum Gasteiger partial charge on any atom is 0.251 e. The molecule has 1 aromatic carbocycles. The average Bonchev–Trinajstić information content (AvgIpc) is 2.24. The van der Waals surface area contributed by atoms with Gasteiger partial charge in [-0.05, 0) is 50.5 Å². The third kappa shape index (κ3) is 6.93. The molecule has 2 N–H and O–H groups in total. The van der Waals surface area contributed by atoms with Gasteiger partial charge in [0.25, 0.3) is 5.91 Å². The van der Waals surface area contributed by atoms with E-state index in [9.17, 15) is 9.59 Å². The van der Waals surface area contributed by atoms with Gasteiger partial charge in [0.05, 0.1) is 0 Å². The second kappa shape index (κ2) is 6.29. The highest BCUT2D eigenvalue weighted by Gasteiger charge is 2.17. The summed E-state index contributed by atoms with van der Waals surface area (Å²) < 4.78 is 0. The molecule has 21 heavy (non-hydrogen) atoms. The van der Waals surface area contributed by atoms with Crippen molar-refractivity contribution in [2.24, 2.45) is 5.41 Å². The number of carbonyl (C=O) groups is 2. The summed E-state index contributed by atoms with van der Waals surface area (Å²) in [7, 11) is 0. The maximum absolute atomic E-state index is 12.0. The first-order valence-corrected chi connectivity index (χ1v) is 7.19. The fourth-order valence-electron chi connectivity index (χ4n) is 1.80. The van der Waals surface area contributed by atoms with Gasteiger partial charge in [-0.15, -0.1) is 0 Å². The highest BCUT2D eigenvalue weighted by atomic mass is 16.2. The summed E-state index contributed by atoms with van der Waals surface area (Å²) in [6.45, 7) is 11.9. The molecule has 0 fully saturated rings. The Morgan fingerprint density at radius 3 is 1.90 bits per heavy atom. The molecular formula is C17H26N2O2. The monoisotopic (exact) mass is 290 g/mol. The van der Waals surface area contributed by atoms with E-state index in [1.165, 1.54) is 0 Å². The number of nitrogens with one attached hydrogen (secondary N) is 2. The molecule has 2 amide bonds. The van der Waals surface area contributed by atoms with E-state index in [2.05, 4.69) is 10.6 Å². The zero-order chi connectivity index (χ0) is 16.3. The Bertz CT molecular complexity index is 505. The molecule has 116 valence electrons. The van der Waals surface area contributed by atoms with Crippen molar-refractivity contribution < 1.29 is 9.59 Å². The zero-order valence-electron chi connectivity index (χ0n) is 13.8. The molecule has 0 unspecified atom stereocenters. The summed E-state index contributed by atoms with van der Waals surface area (Å²) in [6, 6.07) is 6.93. The van der Waals surface area contributed by atoms with Gasteiger partial charge in [-0.1, -0.05) is 20.8 Å². The van der Waals surface area contributed by atoms with E-state index < -0.39 is 0 Å². The molecule has 0 saturated heterocycles. The van der Waals surface area contributed by atoms with E-state index in [1.807, 2.05) is 41.5 Å². The second-order valence-corrected chi connectivity index (χ2v) is 7.57. The average molecular weight is 290 g/mol. The lowest BCUT2D eigenvalue weighted by Gasteiger charge is -2.20. The molecule has 0 aliphatic rings. The molecule has 0 spiro atoms. The van der Waals surface area contributed by atoms with Gasteiger partial charge < -0.3 is 10.6 Å². The van der Waals surface area contributed by atoms with Crippen molar-refractivity contribution in [3.8, 4) is 0 Å². The fourth-order valence-corrected chi connectivity index (χ4v) is 1.80. The van der Waals surface area contributed by atoms with Crippen LogP contribution in [0.2, 0.25) is 0 Å². The number of hydrogen-bond acceptors (Lipinski definition) is 2. The summed E-state index contributed by atoms with van der Waals surface area (Å²) in [5.41, 5.74) is 0.975. The molecule has 1 aromatic rings. The van der Waals surface area contributed by atoms with Crippen molar-refractivity contribution >= 4 is 17.5 Å². The minimum atomic E-state index is -0.267. The molecule has 0 aromatic heterocycles. The Balaban J connectivity index is 2.66. The number of anilines is 1. The number of hydrogen-bond donors (Lipinski definition) is 2. The van der Waals surface area contributed by atoms with E-state index in [1.54, 1.807) is 24.3 Å². The molecule has 1 rings (SSSR count). The van der Waals surface area contributed by atoms with Crippen LogP contribution in [0.1, 0.15) is 58.3 Å². The van der Waals surface area contributed by atoms with Crippen LogP contribution >= 0.6 is 0 Å². The van der Waals surface area contributed by atoms with Crippen LogP contribution < -0.4 is 10.6 Å². The van der Waals surface area contributed by atoms with E-state index in [0.717, 1.165) is 0 Å². The Morgan fingerprint density at radius 1 is 0.952 bits per heavy atom. The molecule has 0 bridgehead atoms. The molecule has 0 heterocycles. The summed E-state index contributed by atoms with van der Waals surface area (Å²) in [6.07, 6.45) is 0.458. The first kappa shape index (κ1) is 17.2. The predicted octanol–water partition coefficient (Wildman–Crippen LogP) is 3.59. The van der Waals surface area contributed by atoms with Gasteiger partial charge in [0, 0.05) is 23.2 Å². The van der Waals surface area contributed by atoms with Crippen molar-refractivity contribution in [2.75, 3.05) is 5.32 Å². The Kier molecular flexibility index (Phi) is 5.15. The topological polar surface area (TPSA) is 58.2 Å². The van der Waals surface area contributed by atoms with Crippen LogP contribution in [0.3, 0.4) is 0 Å². The lowest BCUT2D eigenvalue weighted by molar-refractivity contribution is -0.117. The van der Waals surface area contributed by atoms with Crippen molar-refractivity contribution in [2.45, 2.75) is 53.5 Å². The van der Waals surface area contributed by atoms with Crippen LogP contribution in [-0.2, 0) is 4.79 Å². The lowest BCUT2D eigenvalue weighted by Crippen LogP contribution is -2.40. The predicted molar refractivity (Wildman–Crippen MR) is 86.4 cm³/mol. The normalized spacial score (nSPS) is 11.9. The zero-order valence-corrected chi connectivity index (χ0v) is 13.8. The number of benzene rings is 1. The highest BCUT2D eigenvalue weighted by Crippen LogP contribution is 2.19. The summed E-state index contributed by atoms with van der Waals surface area (Å²) in [5, 5.41) is 5.74. The number of rotatable bonds is 3. The van der Waals surface area contributed by atoms with Crippen LogP contribution in [0.15, 0.2) is 24.3 Å². The highest BCUT2D eigenvalue weighted by molar-refractivity contribution is 5.96.